The second kappa shape index (κ2) is 8.22. The van der Waals surface area contributed by atoms with Crippen molar-refractivity contribution < 1.29 is 9.47 Å². The van der Waals surface area contributed by atoms with E-state index in [-0.39, 0.29) is 0 Å². The van der Waals surface area contributed by atoms with E-state index in [0.717, 1.165) is 31.8 Å². The van der Waals surface area contributed by atoms with E-state index in [1.165, 1.54) is 5.56 Å². The predicted molar refractivity (Wildman–Crippen MR) is 67.0 cm³/mol. The zero-order valence-corrected chi connectivity index (χ0v) is 11.0. The number of aromatic nitrogens is 2. The SMILES string of the molecule is COCCOCCCNCc1cn(C)nc1C. The molecule has 1 aromatic rings. The predicted octanol–water partition coefficient (Wildman–Crippen LogP) is 0.871. The van der Waals surface area contributed by atoms with Gasteiger partial charge in [-0.15, -0.1) is 0 Å². The van der Waals surface area contributed by atoms with Gasteiger partial charge in [-0.2, -0.15) is 5.10 Å². The normalized spacial score (nSPS) is 11.0. The molecule has 0 radical (unpaired) electrons. The van der Waals surface area contributed by atoms with Crippen LogP contribution in [0.4, 0.5) is 0 Å². The van der Waals surface area contributed by atoms with E-state index in [1.807, 2.05) is 18.7 Å². The molecule has 98 valence electrons. The van der Waals surface area contributed by atoms with Gasteiger partial charge in [-0.25, -0.2) is 0 Å². The summed E-state index contributed by atoms with van der Waals surface area (Å²) in [5.74, 6) is 0. The Bertz CT molecular complexity index is 313. The Hall–Kier alpha value is -0.910. The number of ether oxygens (including phenoxy) is 2. The van der Waals surface area contributed by atoms with Crippen LogP contribution in [0.25, 0.3) is 0 Å². The van der Waals surface area contributed by atoms with Crippen LogP contribution in [0.5, 0.6) is 0 Å². The van der Waals surface area contributed by atoms with E-state index in [0.29, 0.717) is 13.2 Å². The van der Waals surface area contributed by atoms with E-state index in [1.54, 1.807) is 7.11 Å². The smallest absolute Gasteiger partial charge is 0.0700 e. The molecular weight excluding hydrogens is 218 g/mol. The van der Waals surface area contributed by atoms with Crippen molar-refractivity contribution in [3.05, 3.63) is 17.5 Å². The summed E-state index contributed by atoms with van der Waals surface area (Å²) in [7, 11) is 3.63. The van der Waals surface area contributed by atoms with Crippen molar-refractivity contribution >= 4 is 0 Å². The van der Waals surface area contributed by atoms with Crippen molar-refractivity contribution in [3.63, 3.8) is 0 Å². The van der Waals surface area contributed by atoms with Crippen LogP contribution in [-0.2, 0) is 23.1 Å². The molecule has 0 amide bonds. The van der Waals surface area contributed by atoms with Gasteiger partial charge in [-0.05, 0) is 19.9 Å². The summed E-state index contributed by atoms with van der Waals surface area (Å²) >= 11 is 0. The minimum Gasteiger partial charge on any atom is -0.382 e. The van der Waals surface area contributed by atoms with Gasteiger partial charge in [-0.3, -0.25) is 4.68 Å². The van der Waals surface area contributed by atoms with E-state index in [2.05, 4.69) is 16.6 Å². The Labute approximate surface area is 103 Å². The van der Waals surface area contributed by atoms with Crippen molar-refractivity contribution in [1.82, 2.24) is 15.1 Å². The molecule has 1 heterocycles. The van der Waals surface area contributed by atoms with Gasteiger partial charge in [0.25, 0.3) is 0 Å². The lowest BCUT2D eigenvalue weighted by molar-refractivity contribution is 0.0695. The van der Waals surface area contributed by atoms with Crippen LogP contribution in [0.2, 0.25) is 0 Å². The van der Waals surface area contributed by atoms with Gasteiger partial charge >= 0.3 is 0 Å². The van der Waals surface area contributed by atoms with Crippen LogP contribution >= 0.6 is 0 Å². The minimum absolute atomic E-state index is 0.669. The second-order valence-electron chi connectivity index (χ2n) is 4.05. The summed E-state index contributed by atoms with van der Waals surface area (Å²) in [4.78, 5) is 0. The maximum Gasteiger partial charge on any atom is 0.0700 e. The largest absolute Gasteiger partial charge is 0.382 e. The summed E-state index contributed by atoms with van der Waals surface area (Å²) in [5.41, 5.74) is 2.35. The third kappa shape index (κ3) is 5.81. The van der Waals surface area contributed by atoms with Gasteiger partial charge < -0.3 is 14.8 Å². The molecule has 0 aliphatic carbocycles. The maximum absolute atomic E-state index is 5.37. The average Bonchev–Trinajstić information content (AvgIpc) is 2.61. The highest BCUT2D eigenvalue weighted by molar-refractivity contribution is 5.14. The molecule has 1 aromatic heterocycles. The molecule has 0 saturated carbocycles. The standard InChI is InChI=1S/C12H23N3O2/c1-11-12(10-15(2)14-11)9-13-5-4-6-17-8-7-16-3/h10,13H,4-9H2,1-3H3. The Morgan fingerprint density at radius 2 is 2.18 bits per heavy atom. The lowest BCUT2D eigenvalue weighted by Crippen LogP contribution is -2.17. The van der Waals surface area contributed by atoms with Gasteiger partial charge in [-0.1, -0.05) is 0 Å². The molecule has 0 aromatic carbocycles. The first-order valence-corrected chi connectivity index (χ1v) is 6.00. The molecule has 5 nitrogen and oxygen atoms in total. The molecular formula is C12H23N3O2. The van der Waals surface area contributed by atoms with Gasteiger partial charge in [0.05, 0.1) is 18.9 Å². The molecule has 17 heavy (non-hydrogen) atoms. The highest BCUT2D eigenvalue weighted by Crippen LogP contribution is 2.03. The molecule has 1 N–H and O–H groups in total. The number of nitrogens with zero attached hydrogens (tertiary/aromatic N) is 2. The van der Waals surface area contributed by atoms with Gasteiger partial charge in [0.2, 0.25) is 0 Å². The van der Waals surface area contributed by atoms with E-state index >= 15 is 0 Å². The average molecular weight is 241 g/mol. The Morgan fingerprint density at radius 3 is 2.82 bits per heavy atom. The molecule has 0 spiro atoms. The zero-order chi connectivity index (χ0) is 12.5. The lowest BCUT2D eigenvalue weighted by atomic mass is 10.2. The topological polar surface area (TPSA) is 48.3 Å². The molecule has 0 fully saturated rings. The third-order valence-electron chi connectivity index (χ3n) is 2.50. The maximum atomic E-state index is 5.37. The summed E-state index contributed by atoms with van der Waals surface area (Å²) in [6, 6.07) is 0. The van der Waals surface area contributed by atoms with Crippen LogP contribution in [0.1, 0.15) is 17.7 Å². The van der Waals surface area contributed by atoms with Crippen molar-refractivity contribution in [2.45, 2.75) is 19.9 Å². The number of hydrogen-bond acceptors (Lipinski definition) is 4. The Kier molecular flexibility index (Phi) is 6.84. The fourth-order valence-electron chi connectivity index (χ4n) is 1.59. The highest BCUT2D eigenvalue weighted by Gasteiger charge is 2.01. The van der Waals surface area contributed by atoms with Crippen LogP contribution in [0.3, 0.4) is 0 Å². The zero-order valence-electron chi connectivity index (χ0n) is 11.0. The molecule has 1 rings (SSSR count). The lowest BCUT2D eigenvalue weighted by Gasteiger charge is -2.05. The number of aryl methyl sites for hydroxylation is 2. The minimum atomic E-state index is 0.669. The van der Waals surface area contributed by atoms with E-state index < -0.39 is 0 Å². The molecule has 0 bridgehead atoms. The molecule has 0 aliphatic heterocycles. The van der Waals surface area contributed by atoms with Crippen molar-refractivity contribution in [3.8, 4) is 0 Å². The quantitative estimate of drug-likeness (QED) is 0.652. The van der Waals surface area contributed by atoms with Crippen LogP contribution in [-0.4, -0.2) is 43.3 Å². The first-order valence-electron chi connectivity index (χ1n) is 6.00. The van der Waals surface area contributed by atoms with Crippen molar-refractivity contribution in [2.24, 2.45) is 7.05 Å². The number of methoxy groups -OCH3 is 1. The summed E-state index contributed by atoms with van der Waals surface area (Å²) in [5, 5.41) is 7.68. The number of rotatable bonds is 9. The molecule has 0 saturated heterocycles. The number of nitrogens with one attached hydrogen (secondary N) is 1. The summed E-state index contributed by atoms with van der Waals surface area (Å²) in [6.07, 6.45) is 3.07. The summed E-state index contributed by atoms with van der Waals surface area (Å²) in [6.45, 7) is 5.99. The molecule has 0 atom stereocenters. The van der Waals surface area contributed by atoms with Gasteiger partial charge in [0.1, 0.15) is 0 Å². The first-order chi connectivity index (χ1) is 8.24. The monoisotopic (exact) mass is 241 g/mol. The molecule has 0 aliphatic rings. The molecule has 5 heteroatoms. The Balaban J connectivity index is 1.99. The number of hydrogen-bond donors (Lipinski definition) is 1. The fourth-order valence-corrected chi connectivity index (χ4v) is 1.59. The van der Waals surface area contributed by atoms with Crippen LogP contribution in [0, 0.1) is 6.92 Å². The molecule has 0 unspecified atom stereocenters. The highest BCUT2D eigenvalue weighted by atomic mass is 16.5. The van der Waals surface area contributed by atoms with Crippen LogP contribution in [0.15, 0.2) is 6.20 Å². The van der Waals surface area contributed by atoms with Crippen molar-refractivity contribution in [1.29, 1.82) is 0 Å². The Morgan fingerprint density at radius 1 is 1.35 bits per heavy atom. The van der Waals surface area contributed by atoms with Crippen molar-refractivity contribution in [2.75, 3.05) is 33.5 Å². The third-order valence-corrected chi connectivity index (χ3v) is 2.50. The summed E-state index contributed by atoms with van der Waals surface area (Å²) < 4.78 is 12.1. The van der Waals surface area contributed by atoms with E-state index in [9.17, 15) is 0 Å². The van der Waals surface area contributed by atoms with E-state index in [4.69, 9.17) is 9.47 Å². The van der Waals surface area contributed by atoms with Gasteiger partial charge in [0, 0.05) is 39.1 Å². The fraction of sp³-hybridized carbons (Fsp3) is 0.750. The van der Waals surface area contributed by atoms with Gasteiger partial charge in [0.15, 0.2) is 0 Å². The van der Waals surface area contributed by atoms with Crippen LogP contribution < -0.4 is 5.32 Å². The first kappa shape index (κ1) is 14.2. The second-order valence-corrected chi connectivity index (χ2v) is 4.05.